The van der Waals surface area contributed by atoms with Crippen LogP contribution in [0.1, 0.15) is 12.5 Å². The summed E-state index contributed by atoms with van der Waals surface area (Å²) in [6.45, 7) is 1.76. The van der Waals surface area contributed by atoms with Crippen molar-refractivity contribution < 1.29 is 9.53 Å². The molecule has 4 rings (SSSR count). The van der Waals surface area contributed by atoms with Crippen molar-refractivity contribution >= 4 is 46.6 Å². The number of aromatic nitrogens is 3. The number of hydrogen-bond acceptors (Lipinski definition) is 6. The maximum absolute atomic E-state index is 12.5. The Bertz CT molecular complexity index is 1360. The van der Waals surface area contributed by atoms with E-state index in [0.717, 1.165) is 17.0 Å². The molecule has 1 N–H and O–H groups in total. The van der Waals surface area contributed by atoms with Crippen LogP contribution < -0.4 is 10.2 Å². The highest BCUT2D eigenvalue weighted by molar-refractivity contribution is 7.99. The van der Waals surface area contributed by atoms with Gasteiger partial charge in [0.25, 0.3) is 5.91 Å². The fraction of sp³-hybridized carbons (Fsp3) is 0.120. The van der Waals surface area contributed by atoms with Crippen molar-refractivity contribution in [2.75, 3.05) is 12.9 Å². The first-order valence-electron chi connectivity index (χ1n) is 10.5. The quantitative estimate of drug-likeness (QED) is 0.176. The number of methoxy groups -OCH3 is 1. The molecule has 0 atom stereocenters. The minimum absolute atomic E-state index is 0.0915. The maximum Gasteiger partial charge on any atom is 0.250 e. The highest BCUT2D eigenvalue weighted by Crippen LogP contribution is 2.29. The third-order valence-electron chi connectivity index (χ3n) is 5.00. The standard InChI is InChI=1S/C25H21Cl2N5O2S/c1-16(21-13-8-18(26)14-22(21)27)28-29-23(33)15-35-25-31-30-24(17-6-4-3-5-7-17)32(25)19-9-11-20(34-2)12-10-19/h3-14H,15H2,1-2H3,(H,29,33). The molecule has 0 radical (unpaired) electrons. The van der Waals surface area contributed by atoms with Gasteiger partial charge in [0.05, 0.1) is 23.6 Å². The molecule has 1 heterocycles. The number of halogens is 2. The van der Waals surface area contributed by atoms with Crippen molar-refractivity contribution in [1.82, 2.24) is 20.2 Å². The van der Waals surface area contributed by atoms with Gasteiger partial charge in [-0.1, -0.05) is 71.4 Å². The van der Waals surface area contributed by atoms with E-state index in [0.29, 0.717) is 32.3 Å². The minimum Gasteiger partial charge on any atom is -0.497 e. The monoisotopic (exact) mass is 525 g/mol. The van der Waals surface area contributed by atoms with Crippen LogP contribution in [0.15, 0.2) is 83.1 Å². The molecular weight excluding hydrogens is 505 g/mol. The second-order valence-corrected chi connectivity index (χ2v) is 9.14. The molecule has 0 bridgehead atoms. The van der Waals surface area contributed by atoms with E-state index in [9.17, 15) is 4.79 Å². The van der Waals surface area contributed by atoms with Gasteiger partial charge in [-0.2, -0.15) is 5.10 Å². The number of ether oxygens (including phenoxy) is 1. The Morgan fingerprint density at radius 1 is 1.06 bits per heavy atom. The van der Waals surface area contributed by atoms with E-state index in [2.05, 4.69) is 20.7 Å². The molecule has 0 saturated heterocycles. The molecule has 3 aromatic carbocycles. The molecule has 10 heteroatoms. The van der Waals surface area contributed by atoms with Gasteiger partial charge in [-0.15, -0.1) is 10.2 Å². The average Bonchev–Trinajstić information content (AvgIpc) is 3.30. The number of amides is 1. The van der Waals surface area contributed by atoms with Crippen molar-refractivity contribution in [2.45, 2.75) is 12.1 Å². The Hall–Kier alpha value is -3.33. The fourth-order valence-electron chi connectivity index (χ4n) is 3.25. The van der Waals surface area contributed by atoms with Crippen LogP contribution in [0.25, 0.3) is 17.1 Å². The number of hydrazone groups is 1. The lowest BCUT2D eigenvalue weighted by Crippen LogP contribution is -2.21. The van der Waals surface area contributed by atoms with Crippen molar-refractivity contribution in [3.05, 3.63) is 88.4 Å². The Morgan fingerprint density at radius 2 is 1.80 bits per heavy atom. The SMILES string of the molecule is COc1ccc(-n2c(SCC(=O)NN=C(C)c3ccc(Cl)cc3Cl)nnc2-c2ccccc2)cc1. The van der Waals surface area contributed by atoms with E-state index in [1.54, 1.807) is 32.2 Å². The predicted octanol–water partition coefficient (Wildman–Crippen LogP) is 5.88. The molecule has 0 spiro atoms. The summed E-state index contributed by atoms with van der Waals surface area (Å²) >= 11 is 13.4. The molecule has 0 fully saturated rings. The van der Waals surface area contributed by atoms with E-state index >= 15 is 0 Å². The average molecular weight is 526 g/mol. The van der Waals surface area contributed by atoms with Crippen LogP contribution >= 0.6 is 35.0 Å². The molecule has 0 aliphatic rings. The van der Waals surface area contributed by atoms with Gasteiger partial charge in [-0.05, 0) is 43.3 Å². The van der Waals surface area contributed by atoms with E-state index in [-0.39, 0.29) is 11.7 Å². The van der Waals surface area contributed by atoms with Crippen LogP contribution in [0.4, 0.5) is 0 Å². The number of hydrogen-bond donors (Lipinski definition) is 1. The first-order chi connectivity index (χ1) is 17.0. The zero-order chi connectivity index (χ0) is 24.8. The van der Waals surface area contributed by atoms with E-state index in [1.165, 1.54) is 11.8 Å². The van der Waals surface area contributed by atoms with Gasteiger partial charge in [-0.3, -0.25) is 9.36 Å². The molecule has 1 aromatic heterocycles. The van der Waals surface area contributed by atoms with Gasteiger partial charge in [0.15, 0.2) is 11.0 Å². The zero-order valence-electron chi connectivity index (χ0n) is 18.9. The van der Waals surface area contributed by atoms with Gasteiger partial charge in [-0.25, -0.2) is 5.43 Å². The van der Waals surface area contributed by atoms with Crippen LogP contribution in [-0.4, -0.2) is 39.2 Å². The summed E-state index contributed by atoms with van der Waals surface area (Å²) < 4.78 is 7.19. The second kappa shape index (κ2) is 11.4. The van der Waals surface area contributed by atoms with Gasteiger partial charge in [0, 0.05) is 21.8 Å². The van der Waals surface area contributed by atoms with Crippen LogP contribution in [0.3, 0.4) is 0 Å². The molecule has 0 saturated carbocycles. The van der Waals surface area contributed by atoms with E-state index in [1.807, 2.05) is 59.2 Å². The Labute approximate surface area is 217 Å². The van der Waals surface area contributed by atoms with Crippen molar-refractivity contribution in [3.8, 4) is 22.8 Å². The highest BCUT2D eigenvalue weighted by atomic mass is 35.5. The number of carbonyl (C=O) groups excluding carboxylic acids is 1. The lowest BCUT2D eigenvalue weighted by molar-refractivity contribution is -0.118. The van der Waals surface area contributed by atoms with Crippen molar-refractivity contribution in [3.63, 3.8) is 0 Å². The Morgan fingerprint density at radius 3 is 2.49 bits per heavy atom. The first-order valence-corrected chi connectivity index (χ1v) is 12.3. The normalized spacial score (nSPS) is 11.4. The first kappa shape index (κ1) is 24.8. The minimum atomic E-state index is -0.287. The summed E-state index contributed by atoms with van der Waals surface area (Å²) in [5.41, 5.74) is 5.59. The third kappa shape index (κ3) is 6.03. The number of nitrogens with zero attached hydrogens (tertiary/aromatic N) is 4. The number of nitrogens with one attached hydrogen (secondary N) is 1. The summed E-state index contributed by atoms with van der Waals surface area (Å²) in [5, 5.41) is 14.5. The smallest absolute Gasteiger partial charge is 0.250 e. The van der Waals surface area contributed by atoms with Gasteiger partial charge in [0.2, 0.25) is 0 Å². The summed E-state index contributed by atoms with van der Waals surface area (Å²) in [5.74, 6) is 1.22. The molecule has 0 aliphatic carbocycles. The van der Waals surface area contributed by atoms with Gasteiger partial charge >= 0.3 is 0 Å². The summed E-state index contributed by atoms with van der Waals surface area (Å²) in [6.07, 6.45) is 0. The van der Waals surface area contributed by atoms with Crippen LogP contribution in [-0.2, 0) is 4.79 Å². The molecule has 0 unspecified atom stereocenters. The molecular formula is C25H21Cl2N5O2S. The van der Waals surface area contributed by atoms with Crippen molar-refractivity contribution in [1.29, 1.82) is 0 Å². The number of carbonyl (C=O) groups is 1. The second-order valence-electron chi connectivity index (χ2n) is 7.35. The summed E-state index contributed by atoms with van der Waals surface area (Å²) in [7, 11) is 1.62. The third-order valence-corrected chi connectivity index (χ3v) is 6.47. The molecule has 178 valence electrons. The highest BCUT2D eigenvalue weighted by Gasteiger charge is 2.17. The summed E-state index contributed by atoms with van der Waals surface area (Å²) in [6, 6.07) is 22.4. The number of rotatable bonds is 8. The molecule has 35 heavy (non-hydrogen) atoms. The predicted molar refractivity (Wildman–Crippen MR) is 141 cm³/mol. The number of benzene rings is 3. The van der Waals surface area contributed by atoms with Crippen molar-refractivity contribution in [2.24, 2.45) is 5.10 Å². The summed E-state index contributed by atoms with van der Waals surface area (Å²) in [4.78, 5) is 12.5. The van der Waals surface area contributed by atoms with Gasteiger partial charge in [0.1, 0.15) is 5.75 Å². The fourth-order valence-corrected chi connectivity index (χ4v) is 4.54. The molecule has 4 aromatic rings. The lowest BCUT2D eigenvalue weighted by Gasteiger charge is -2.11. The van der Waals surface area contributed by atoms with Gasteiger partial charge < -0.3 is 4.74 Å². The van der Waals surface area contributed by atoms with Crippen LogP contribution in [0.5, 0.6) is 5.75 Å². The lowest BCUT2D eigenvalue weighted by atomic mass is 10.1. The van der Waals surface area contributed by atoms with Crippen LogP contribution in [0, 0.1) is 0 Å². The maximum atomic E-state index is 12.5. The topological polar surface area (TPSA) is 81.4 Å². The largest absolute Gasteiger partial charge is 0.497 e. The van der Waals surface area contributed by atoms with E-state index in [4.69, 9.17) is 27.9 Å². The molecule has 1 amide bonds. The zero-order valence-corrected chi connectivity index (χ0v) is 21.2. The Balaban J connectivity index is 1.52. The van der Waals surface area contributed by atoms with E-state index < -0.39 is 0 Å². The van der Waals surface area contributed by atoms with Crippen LogP contribution in [0.2, 0.25) is 10.0 Å². The Kier molecular flexibility index (Phi) is 8.07. The molecule has 7 nitrogen and oxygen atoms in total. The molecule has 0 aliphatic heterocycles. The number of thioether (sulfide) groups is 1.